The van der Waals surface area contributed by atoms with Crippen LogP contribution in [0.1, 0.15) is 43.3 Å². The second-order valence-corrected chi connectivity index (χ2v) is 7.36. The Hall–Kier alpha value is -3.01. The van der Waals surface area contributed by atoms with Gasteiger partial charge in [0.15, 0.2) is 11.6 Å². The summed E-state index contributed by atoms with van der Waals surface area (Å²) in [6.45, 7) is 8.11. The molecule has 3 N–H and O–H groups in total. The molecule has 11 heteroatoms. The maximum atomic E-state index is 13.8. The standard InChI is InChI=1S/C20H25ClF2N8/c1-3-4-8-25-19-18(26-20(21)27-19)13(2)24-9-5-10-31-29-17(28-30-31)11-14-6-7-15(22)12-16(14)23/h6-7,12,24-25H,2-5,8-11H2,1H3,(H,26,27). The Morgan fingerprint density at radius 2 is 2.10 bits per heavy atom. The van der Waals surface area contributed by atoms with Crippen LogP contribution in [0.15, 0.2) is 24.8 Å². The van der Waals surface area contributed by atoms with Crippen molar-refractivity contribution in [3.63, 3.8) is 0 Å². The van der Waals surface area contributed by atoms with Crippen LogP contribution in [-0.2, 0) is 13.0 Å². The number of halogens is 3. The average Bonchev–Trinajstić information content (AvgIpc) is 3.33. The van der Waals surface area contributed by atoms with Crippen LogP contribution in [-0.4, -0.2) is 43.3 Å². The zero-order chi connectivity index (χ0) is 22.2. The predicted molar refractivity (Wildman–Crippen MR) is 116 cm³/mol. The van der Waals surface area contributed by atoms with Gasteiger partial charge in [0, 0.05) is 25.6 Å². The van der Waals surface area contributed by atoms with Crippen LogP contribution in [0.4, 0.5) is 14.6 Å². The number of nitrogens with zero attached hydrogens (tertiary/aromatic N) is 5. The quantitative estimate of drug-likeness (QED) is 0.363. The van der Waals surface area contributed by atoms with E-state index in [-0.39, 0.29) is 6.42 Å². The molecule has 0 aliphatic heterocycles. The van der Waals surface area contributed by atoms with Crippen molar-refractivity contribution < 1.29 is 8.78 Å². The first kappa shape index (κ1) is 22.7. The smallest absolute Gasteiger partial charge is 0.202 e. The number of aromatic amines is 1. The number of hydrogen-bond donors (Lipinski definition) is 3. The number of unbranched alkanes of at least 4 members (excludes halogenated alkanes) is 1. The van der Waals surface area contributed by atoms with Crippen molar-refractivity contribution in [3.05, 3.63) is 58.8 Å². The molecule has 166 valence electrons. The third-order valence-corrected chi connectivity index (χ3v) is 4.71. The molecule has 0 saturated heterocycles. The molecule has 0 radical (unpaired) electrons. The Labute approximate surface area is 184 Å². The second-order valence-electron chi connectivity index (χ2n) is 7.00. The number of aromatic nitrogens is 6. The van der Waals surface area contributed by atoms with Gasteiger partial charge < -0.3 is 15.6 Å². The van der Waals surface area contributed by atoms with Crippen LogP contribution in [0, 0.1) is 11.6 Å². The molecule has 0 unspecified atom stereocenters. The minimum Gasteiger partial charge on any atom is -0.384 e. The molecule has 1 aromatic carbocycles. The number of benzene rings is 1. The van der Waals surface area contributed by atoms with Crippen molar-refractivity contribution in [1.29, 1.82) is 0 Å². The molecule has 8 nitrogen and oxygen atoms in total. The lowest BCUT2D eigenvalue weighted by atomic mass is 10.1. The summed E-state index contributed by atoms with van der Waals surface area (Å²) >= 11 is 6.00. The summed E-state index contributed by atoms with van der Waals surface area (Å²) in [5, 5.41) is 18.9. The highest BCUT2D eigenvalue weighted by molar-refractivity contribution is 6.28. The molecular formula is C20H25ClF2N8. The minimum absolute atomic E-state index is 0.148. The van der Waals surface area contributed by atoms with Crippen LogP contribution in [0.3, 0.4) is 0 Å². The van der Waals surface area contributed by atoms with Gasteiger partial charge in [-0.05, 0) is 41.3 Å². The van der Waals surface area contributed by atoms with Crippen LogP contribution >= 0.6 is 11.6 Å². The molecule has 0 saturated carbocycles. The fraction of sp³-hybridized carbons (Fsp3) is 0.400. The third-order valence-electron chi connectivity index (χ3n) is 4.53. The van der Waals surface area contributed by atoms with E-state index in [9.17, 15) is 8.78 Å². The Kier molecular flexibility index (Phi) is 7.94. The van der Waals surface area contributed by atoms with Gasteiger partial charge in [0.05, 0.1) is 12.2 Å². The topological polar surface area (TPSA) is 96.3 Å². The number of tetrazole rings is 1. The lowest BCUT2D eigenvalue weighted by Gasteiger charge is -2.10. The van der Waals surface area contributed by atoms with Gasteiger partial charge in [-0.2, -0.15) is 4.80 Å². The van der Waals surface area contributed by atoms with Gasteiger partial charge in [-0.15, -0.1) is 10.2 Å². The number of H-pyrrole nitrogens is 1. The van der Waals surface area contributed by atoms with Crippen molar-refractivity contribution in [2.24, 2.45) is 0 Å². The lowest BCUT2D eigenvalue weighted by Crippen LogP contribution is -2.17. The summed E-state index contributed by atoms with van der Waals surface area (Å²) in [5.74, 6) is -0.195. The average molecular weight is 451 g/mol. The highest BCUT2D eigenvalue weighted by Gasteiger charge is 2.12. The van der Waals surface area contributed by atoms with E-state index in [4.69, 9.17) is 11.6 Å². The molecule has 0 fully saturated rings. The Morgan fingerprint density at radius 1 is 1.26 bits per heavy atom. The van der Waals surface area contributed by atoms with Crippen LogP contribution in [0.5, 0.6) is 0 Å². The normalized spacial score (nSPS) is 11.0. The van der Waals surface area contributed by atoms with Crippen LogP contribution in [0.2, 0.25) is 5.28 Å². The number of hydrogen-bond acceptors (Lipinski definition) is 6. The highest BCUT2D eigenvalue weighted by atomic mass is 35.5. The molecule has 0 aliphatic rings. The first-order chi connectivity index (χ1) is 15.0. The number of nitrogens with one attached hydrogen (secondary N) is 3. The summed E-state index contributed by atoms with van der Waals surface area (Å²) in [5.41, 5.74) is 1.72. The van der Waals surface area contributed by atoms with Crippen molar-refractivity contribution in [2.75, 3.05) is 18.4 Å². The zero-order valence-electron chi connectivity index (χ0n) is 17.3. The van der Waals surface area contributed by atoms with Gasteiger partial charge >= 0.3 is 0 Å². The van der Waals surface area contributed by atoms with E-state index in [1.807, 2.05) is 0 Å². The van der Waals surface area contributed by atoms with E-state index in [0.29, 0.717) is 47.7 Å². The summed E-state index contributed by atoms with van der Waals surface area (Å²) in [4.78, 5) is 8.70. The monoisotopic (exact) mass is 450 g/mol. The molecule has 0 atom stereocenters. The summed E-state index contributed by atoms with van der Waals surface area (Å²) in [7, 11) is 0. The summed E-state index contributed by atoms with van der Waals surface area (Å²) in [6, 6.07) is 3.43. The number of imidazole rings is 1. The van der Waals surface area contributed by atoms with Crippen molar-refractivity contribution in [3.8, 4) is 0 Å². The molecule has 0 bridgehead atoms. The van der Waals surface area contributed by atoms with Crippen molar-refractivity contribution in [2.45, 2.75) is 39.2 Å². The fourth-order valence-electron chi connectivity index (χ4n) is 2.90. The summed E-state index contributed by atoms with van der Waals surface area (Å²) in [6.07, 6.45) is 2.97. The van der Waals surface area contributed by atoms with Gasteiger partial charge in [0.1, 0.15) is 17.3 Å². The second kappa shape index (κ2) is 10.9. The van der Waals surface area contributed by atoms with Gasteiger partial charge in [-0.25, -0.2) is 13.8 Å². The molecule has 2 aromatic heterocycles. The number of anilines is 1. The third kappa shape index (κ3) is 6.48. The molecule has 3 rings (SSSR count). The maximum Gasteiger partial charge on any atom is 0.202 e. The lowest BCUT2D eigenvalue weighted by molar-refractivity contribution is 0.495. The van der Waals surface area contributed by atoms with Crippen LogP contribution < -0.4 is 10.6 Å². The Bertz CT molecular complexity index is 1020. The zero-order valence-corrected chi connectivity index (χ0v) is 18.0. The number of aryl methyl sites for hydroxylation is 1. The van der Waals surface area contributed by atoms with Gasteiger partial charge in [0.2, 0.25) is 5.28 Å². The summed E-state index contributed by atoms with van der Waals surface area (Å²) < 4.78 is 26.8. The molecule has 3 aromatic rings. The van der Waals surface area contributed by atoms with Crippen LogP contribution in [0.25, 0.3) is 5.70 Å². The van der Waals surface area contributed by atoms with Crippen molar-refractivity contribution in [1.82, 2.24) is 35.5 Å². The molecule has 31 heavy (non-hydrogen) atoms. The SMILES string of the molecule is C=C(NCCCn1nnc(Cc2ccc(F)cc2F)n1)c1[nH]c(Cl)nc1NCCCC. The first-order valence-corrected chi connectivity index (χ1v) is 10.5. The predicted octanol–water partition coefficient (Wildman–Crippen LogP) is 3.78. The Morgan fingerprint density at radius 3 is 2.87 bits per heavy atom. The minimum atomic E-state index is -0.624. The van der Waals surface area contributed by atoms with Gasteiger partial charge in [0.25, 0.3) is 0 Å². The maximum absolute atomic E-state index is 13.8. The van der Waals surface area contributed by atoms with Crippen molar-refractivity contribution >= 4 is 23.1 Å². The largest absolute Gasteiger partial charge is 0.384 e. The van der Waals surface area contributed by atoms with E-state index in [2.05, 4.69) is 49.5 Å². The van der Waals surface area contributed by atoms with Gasteiger partial charge in [-0.3, -0.25) is 0 Å². The fourth-order valence-corrected chi connectivity index (χ4v) is 3.08. The molecule has 2 heterocycles. The molecule has 0 aliphatic carbocycles. The van der Waals surface area contributed by atoms with E-state index in [1.54, 1.807) is 0 Å². The molecule has 0 amide bonds. The molecular weight excluding hydrogens is 426 g/mol. The van der Waals surface area contributed by atoms with Gasteiger partial charge in [-0.1, -0.05) is 26.0 Å². The first-order valence-electron chi connectivity index (χ1n) is 10.1. The highest BCUT2D eigenvalue weighted by Crippen LogP contribution is 2.21. The Balaban J connectivity index is 1.45. The van der Waals surface area contributed by atoms with E-state index in [0.717, 1.165) is 31.1 Å². The molecule has 0 spiro atoms. The van der Waals surface area contributed by atoms with E-state index >= 15 is 0 Å². The number of rotatable bonds is 12. The van der Waals surface area contributed by atoms with E-state index < -0.39 is 11.6 Å². The van der Waals surface area contributed by atoms with E-state index in [1.165, 1.54) is 16.9 Å².